The van der Waals surface area contributed by atoms with Gasteiger partial charge in [0.25, 0.3) is 0 Å². The molecule has 2 aromatic rings. The number of aromatic nitrogens is 2. The molecule has 5 heteroatoms. The lowest BCUT2D eigenvalue weighted by Gasteiger charge is -2.22. The maximum Gasteiger partial charge on any atom is 0.132 e. The second kappa shape index (κ2) is 7.04. The second-order valence-corrected chi connectivity index (χ2v) is 6.89. The van der Waals surface area contributed by atoms with Crippen LogP contribution in [0.4, 0.5) is 0 Å². The van der Waals surface area contributed by atoms with Crippen molar-refractivity contribution < 1.29 is 5.11 Å². The van der Waals surface area contributed by atoms with Gasteiger partial charge in [-0.05, 0) is 25.3 Å². The van der Waals surface area contributed by atoms with Crippen molar-refractivity contribution >= 4 is 11.6 Å². The average Bonchev–Trinajstić information content (AvgIpc) is 3.08. The SMILES string of the molecule is Cc1nn(Cc2ccccc2)c(Cl)c1CNCC1(O)CCCC1. The van der Waals surface area contributed by atoms with Gasteiger partial charge in [0, 0.05) is 18.7 Å². The molecule has 0 radical (unpaired) electrons. The highest BCUT2D eigenvalue weighted by molar-refractivity contribution is 6.30. The summed E-state index contributed by atoms with van der Waals surface area (Å²) in [6.07, 6.45) is 4.01. The second-order valence-electron chi connectivity index (χ2n) is 6.53. The van der Waals surface area contributed by atoms with Gasteiger partial charge in [-0.3, -0.25) is 0 Å². The summed E-state index contributed by atoms with van der Waals surface area (Å²) in [4.78, 5) is 0. The molecule has 1 aromatic carbocycles. The first-order chi connectivity index (χ1) is 11.1. The van der Waals surface area contributed by atoms with Gasteiger partial charge in [0.1, 0.15) is 5.15 Å². The molecule has 1 fully saturated rings. The number of nitrogens with zero attached hydrogens (tertiary/aromatic N) is 2. The van der Waals surface area contributed by atoms with Crippen LogP contribution in [-0.2, 0) is 13.1 Å². The van der Waals surface area contributed by atoms with Crippen LogP contribution in [0.5, 0.6) is 0 Å². The normalized spacial score (nSPS) is 16.8. The highest BCUT2D eigenvalue weighted by atomic mass is 35.5. The Hall–Kier alpha value is -1.36. The van der Waals surface area contributed by atoms with Crippen LogP contribution in [0.1, 0.15) is 42.5 Å². The molecule has 1 aliphatic carbocycles. The van der Waals surface area contributed by atoms with Crippen molar-refractivity contribution in [2.45, 2.75) is 51.3 Å². The lowest BCUT2D eigenvalue weighted by Crippen LogP contribution is -2.37. The van der Waals surface area contributed by atoms with Gasteiger partial charge in [-0.2, -0.15) is 5.10 Å². The van der Waals surface area contributed by atoms with Crippen molar-refractivity contribution in [1.29, 1.82) is 0 Å². The first kappa shape index (κ1) is 16.5. The van der Waals surface area contributed by atoms with E-state index < -0.39 is 5.60 Å². The van der Waals surface area contributed by atoms with Crippen molar-refractivity contribution in [2.24, 2.45) is 0 Å². The quantitative estimate of drug-likeness (QED) is 0.853. The summed E-state index contributed by atoms with van der Waals surface area (Å²) in [6, 6.07) is 10.2. The smallest absolute Gasteiger partial charge is 0.132 e. The molecule has 4 nitrogen and oxygen atoms in total. The fourth-order valence-electron chi connectivity index (χ4n) is 3.28. The third kappa shape index (κ3) is 3.94. The molecule has 0 saturated heterocycles. The zero-order valence-corrected chi connectivity index (χ0v) is 14.3. The summed E-state index contributed by atoms with van der Waals surface area (Å²) in [5.41, 5.74) is 2.60. The fourth-order valence-corrected chi connectivity index (χ4v) is 3.58. The molecule has 23 heavy (non-hydrogen) atoms. The molecule has 1 aromatic heterocycles. The van der Waals surface area contributed by atoms with Gasteiger partial charge in [-0.25, -0.2) is 4.68 Å². The minimum atomic E-state index is -0.541. The summed E-state index contributed by atoms with van der Waals surface area (Å²) in [7, 11) is 0. The zero-order valence-electron chi connectivity index (χ0n) is 13.6. The molecular weight excluding hydrogens is 310 g/mol. The Morgan fingerprint density at radius 1 is 1.26 bits per heavy atom. The molecule has 2 N–H and O–H groups in total. The number of hydrogen-bond donors (Lipinski definition) is 2. The van der Waals surface area contributed by atoms with Crippen LogP contribution in [0.15, 0.2) is 30.3 Å². The van der Waals surface area contributed by atoms with E-state index in [4.69, 9.17) is 11.6 Å². The molecule has 1 heterocycles. The van der Waals surface area contributed by atoms with Crippen molar-refractivity contribution in [2.75, 3.05) is 6.54 Å². The predicted molar refractivity (Wildman–Crippen MR) is 92.6 cm³/mol. The molecular formula is C18H24ClN3O. The Kier molecular flexibility index (Phi) is 5.05. The molecule has 0 spiro atoms. The van der Waals surface area contributed by atoms with E-state index in [2.05, 4.69) is 22.5 Å². The number of rotatable bonds is 6. The highest BCUT2D eigenvalue weighted by Crippen LogP contribution is 2.29. The predicted octanol–water partition coefficient (Wildman–Crippen LogP) is 3.29. The van der Waals surface area contributed by atoms with E-state index in [9.17, 15) is 5.11 Å². The van der Waals surface area contributed by atoms with Gasteiger partial charge >= 0.3 is 0 Å². The van der Waals surface area contributed by atoms with Crippen molar-refractivity contribution in [1.82, 2.24) is 15.1 Å². The molecule has 0 amide bonds. The van der Waals surface area contributed by atoms with E-state index in [0.717, 1.165) is 36.9 Å². The number of aryl methyl sites for hydroxylation is 1. The van der Waals surface area contributed by atoms with Gasteiger partial charge in [0.15, 0.2) is 0 Å². The summed E-state index contributed by atoms with van der Waals surface area (Å²) in [5, 5.41) is 19.0. The Morgan fingerprint density at radius 3 is 2.65 bits per heavy atom. The summed E-state index contributed by atoms with van der Waals surface area (Å²) in [5.74, 6) is 0. The fraction of sp³-hybridized carbons (Fsp3) is 0.500. The third-order valence-electron chi connectivity index (χ3n) is 4.65. The highest BCUT2D eigenvalue weighted by Gasteiger charge is 2.30. The molecule has 0 atom stereocenters. The molecule has 0 bridgehead atoms. The first-order valence-electron chi connectivity index (χ1n) is 8.26. The van der Waals surface area contributed by atoms with E-state index >= 15 is 0 Å². The molecule has 1 aliphatic rings. The minimum Gasteiger partial charge on any atom is -0.389 e. The van der Waals surface area contributed by atoms with E-state index in [1.807, 2.05) is 29.8 Å². The summed E-state index contributed by atoms with van der Waals surface area (Å²) >= 11 is 6.51. The van der Waals surface area contributed by atoms with Crippen LogP contribution in [0.25, 0.3) is 0 Å². The van der Waals surface area contributed by atoms with E-state index in [1.165, 1.54) is 5.56 Å². The van der Waals surface area contributed by atoms with Gasteiger partial charge in [0.05, 0.1) is 17.8 Å². The molecule has 124 valence electrons. The van der Waals surface area contributed by atoms with Gasteiger partial charge in [0.2, 0.25) is 0 Å². The van der Waals surface area contributed by atoms with Crippen LogP contribution in [0, 0.1) is 6.92 Å². The van der Waals surface area contributed by atoms with E-state index in [0.29, 0.717) is 24.8 Å². The Labute approximate surface area is 142 Å². The van der Waals surface area contributed by atoms with Crippen molar-refractivity contribution in [3.05, 3.63) is 52.3 Å². The number of nitrogens with one attached hydrogen (secondary N) is 1. The third-order valence-corrected chi connectivity index (χ3v) is 5.07. The molecule has 3 rings (SSSR count). The van der Waals surface area contributed by atoms with Crippen LogP contribution in [0.3, 0.4) is 0 Å². The summed E-state index contributed by atoms with van der Waals surface area (Å²) in [6.45, 7) is 3.91. The van der Waals surface area contributed by atoms with Crippen LogP contribution < -0.4 is 5.32 Å². The van der Waals surface area contributed by atoms with Crippen LogP contribution >= 0.6 is 11.6 Å². The minimum absolute atomic E-state index is 0.541. The standard InChI is InChI=1S/C18H24ClN3O/c1-14-16(11-20-13-18(23)9-5-6-10-18)17(19)22(21-14)12-15-7-3-2-4-8-15/h2-4,7-8,20,23H,5-6,9-13H2,1H3. The number of hydrogen-bond acceptors (Lipinski definition) is 3. The maximum absolute atomic E-state index is 10.4. The van der Waals surface area contributed by atoms with E-state index in [1.54, 1.807) is 0 Å². The molecule has 1 saturated carbocycles. The summed E-state index contributed by atoms with van der Waals surface area (Å²) < 4.78 is 1.84. The van der Waals surface area contributed by atoms with Gasteiger partial charge in [-0.15, -0.1) is 0 Å². The topological polar surface area (TPSA) is 50.1 Å². The van der Waals surface area contributed by atoms with Gasteiger partial charge in [-0.1, -0.05) is 54.8 Å². The number of benzene rings is 1. The zero-order chi connectivity index (χ0) is 16.3. The van der Waals surface area contributed by atoms with Crippen molar-refractivity contribution in [3.63, 3.8) is 0 Å². The number of halogens is 1. The first-order valence-corrected chi connectivity index (χ1v) is 8.64. The van der Waals surface area contributed by atoms with Gasteiger partial charge < -0.3 is 10.4 Å². The Bertz CT molecular complexity index is 648. The monoisotopic (exact) mass is 333 g/mol. The largest absolute Gasteiger partial charge is 0.389 e. The Morgan fingerprint density at radius 2 is 1.96 bits per heavy atom. The maximum atomic E-state index is 10.4. The van der Waals surface area contributed by atoms with E-state index in [-0.39, 0.29) is 0 Å². The average molecular weight is 334 g/mol. The molecule has 0 aliphatic heterocycles. The lowest BCUT2D eigenvalue weighted by molar-refractivity contribution is 0.0474. The Balaban J connectivity index is 1.63. The van der Waals surface area contributed by atoms with Crippen LogP contribution in [0.2, 0.25) is 5.15 Å². The number of aliphatic hydroxyl groups is 1. The van der Waals surface area contributed by atoms with Crippen molar-refractivity contribution in [3.8, 4) is 0 Å². The van der Waals surface area contributed by atoms with Crippen LogP contribution in [-0.4, -0.2) is 27.0 Å². The lowest BCUT2D eigenvalue weighted by atomic mass is 10.0. The molecule has 0 unspecified atom stereocenters.